The van der Waals surface area contributed by atoms with Gasteiger partial charge in [0.1, 0.15) is 11.1 Å². The SMILES string of the molecule is COC(=O)C1=C(C)N(c2cccc(C(F)(F)F)c2)c2n[nH]c(=O)n2[C@@H]1c1ccc(C#N)cc1C[n+]1cccc(Cl)c1. The molecule has 1 atom stereocenters. The second kappa shape index (κ2) is 10.6. The summed E-state index contributed by atoms with van der Waals surface area (Å²) in [6.07, 6.45) is -1.18. The number of fused-ring (bicyclic) bond motifs is 1. The van der Waals surface area contributed by atoms with E-state index in [9.17, 15) is 28.0 Å². The third-order valence-corrected chi connectivity index (χ3v) is 6.94. The monoisotopic (exact) mass is 581 g/mol. The van der Waals surface area contributed by atoms with Gasteiger partial charge in [0.15, 0.2) is 18.9 Å². The van der Waals surface area contributed by atoms with E-state index in [0.29, 0.717) is 21.7 Å². The Kier molecular flexibility index (Phi) is 7.15. The first kappa shape index (κ1) is 27.7. The minimum Gasteiger partial charge on any atom is -0.466 e. The zero-order chi connectivity index (χ0) is 29.5. The molecule has 13 heteroatoms. The second-order valence-electron chi connectivity index (χ2n) is 9.20. The van der Waals surface area contributed by atoms with Crippen molar-refractivity contribution >= 4 is 29.2 Å². The number of H-pyrrole nitrogens is 1. The smallest absolute Gasteiger partial charge is 0.416 e. The van der Waals surface area contributed by atoms with Crippen molar-refractivity contribution in [3.8, 4) is 6.07 Å². The summed E-state index contributed by atoms with van der Waals surface area (Å²) in [4.78, 5) is 27.9. The van der Waals surface area contributed by atoms with Crippen LogP contribution in [0.2, 0.25) is 5.02 Å². The predicted molar refractivity (Wildman–Crippen MR) is 141 cm³/mol. The van der Waals surface area contributed by atoms with Crippen molar-refractivity contribution in [3.63, 3.8) is 0 Å². The summed E-state index contributed by atoms with van der Waals surface area (Å²) in [6.45, 7) is 1.76. The van der Waals surface area contributed by atoms with Gasteiger partial charge in [-0.2, -0.15) is 23.0 Å². The number of benzene rings is 2. The number of ether oxygens (including phenoxy) is 1. The minimum absolute atomic E-state index is 0.00274. The average molecular weight is 582 g/mol. The van der Waals surface area contributed by atoms with Crippen LogP contribution in [0, 0.1) is 11.3 Å². The number of aromatic nitrogens is 4. The highest BCUT2D eigenvalue weighted by Gasteiger charge is 2.41. The number of rotatable bonds is 5. The minimum atomic E-state index is -4.63. The Morgan fingerprint density at radius 1 is 1.22 bits per heavy atom. The number of halogens is 4. The molecule has 5 rings (SSSR count). The number of aromatic amines is 1. The molecule has 0 aliphatic carbocycles. The van der Waals surface area contributed by atoms with Crippen molar-refractivity contribution in [2.75, 3.05) is 12.0 Å². The number of carbonyl (C=O) groups excluding carboxylic acids is 1. The number of allylic oxidation sites excluding steroid dienone is 1. The topological polar surface area (TPSA) is 108 Å². The number of hydrogen-bond donors (Lipinski definition) is 1. The van der Waals surface area contributed by atoms with Crippen molar-refractivity contribution in [1.82, 2.24) is 14.8 Å². The Morgan fingerprint density at radius 2 is 2.00 bits per heavy atom. The molecule has 4 aromatic rings. The van der Waals surface area contributed by atoms with Crippen LogP contribution in [-0.4, -0.2) is 27.8 Å². The van der Waals surface area contributed by atoms with Gasteiger partial charge in [-0.05, 0) is 48.9 Å². The molecule has 0 saturated carbocycles. The summed E-state index contributed by atoms with van der Waals surface area (Å²) in [5.41, 5.74) is 0.0245. The molecule has 0 amide bonds. The van der Waals surface area contributed by atoms with Gasteiger partial charge in [0.25, 0.3) is 0 Å². The Labute approximate surface area is 236 Å². The Balaban J connectivity index is 1.77. The van der Waals surface area contributed by atoms with Crippen LogP contribution in [0.15, 0.2) is 83.1 Å². The fourth-order valence-electron chi connectivity index (χ4n) is 4.94. The van der Waals surface area contributed by atoms with Crippen molar-refractivity contribution in [3.05, 3.63) is 116 Å². The van der Waals surface area contributed by atoms with E-state index in [0.717, 1.165) is 12.1 Å². The molecule has 3 heterocycles. The molecule has 1 aliphatic rings. The molecule has 1 aliphatic heterocycles. The van der Waals surface area contributed by atoms with Crippen LogP contribution >= 0.6 is 11.6 Å². The van der Waals surface area contributed by atoms with E-state index in [4.69, 9.17) is 16.3 Å². The molecular weight excluding hydrogens is 561 g/mol. The molecule has 0 saturated heterocycles. The average Bonchev–Trinajstić information content (AvgIpc) is 3.32. The lowest BCUT2D eigenvalue weighted by atomic mass is 9.90. The maximum absolute atomic E-state index is 13.6. The maximum atomic E-state index is 13.6. The van der Waals surface area contributed by atoms with Crippen molar-refractivity contribution in [2.24, 2.45) is 0 Å². The molecule has 0 radical (unpaired) electrons. The van der Waals surface area contributed by atoms with Gasteiger partial charge in [-0.15, -0.1) is 5.10 Å². The summed E-state index contributed by atoms with van der Waals surface area (Å²) >= 11 is 6.17. The molecule has 0 unspecified atom stereocenters. The number of nitriles is 1. The summed E-state index contributed by atoms with van der Waals surface area (Å²) in [7, 11) is 1.17. The molecule has 0 bridgehead atoms. The van der Waals surface area contributed by atoms with Crippen molar-refractivity contribution in [2.45, 2.75) is 25.7 Å². The van der Waals surface area contributed by atoms with E-state index in [-0.39, 0.29) is 29.5 Å². The van der Waals surface area contributed by atoms with Gasteiger partial charge in [0, 0.05) is 23.0 Å². The second-order valence-corrected chi connectivity index (χ2v) is 9.63. The standard InChI is InChI=1S/C28H20ClF3N6O3/c1-16-23(25(39)41-2)24(22-9-8-17(13-33)11-18(22)14-36-10-4-6-20(29)15-36)38-26(34-35-27(38)40)37(16)21-7-3-5-19(12-21)28(30,31)32/h3-12,15,24H,14H2,1-2H3/p+1/t24-/m1/s1. The van der Waals surface area contributed by atoms with Crippen LogP contribution in [0.3, 0.4) is 0 Å². The van der Waals surface area contributed by atoms with Gasteiger partial charge in [-0.25, -0.2) is 19.3 Å². The highest BCUT2D eigenvalue weighted by molar-refractivity contribution is 6.30. The van der Waals surface area contributed by atoms with Crippen LogP contribution in [0.1, 0.15) is 35.2 Å². The molecule has 0 fully saturated rings. The van der Waals surface area contributed by atoms with Crippen LogP contribution in [0.4, 0.5) is 24.8 Å². The third-order valence-electron chi connectivity index (χ3n) is 6.72. The first-order valence-corrected chi connectivity index (χ1v) is 12.5. The van der Waals surface area contributed by atoms with E-state index >= 15 is 0 Å². The number of pyridine rings is 1. The van der Waals surface area contributed by atoms with E-state index in [1.54, 1.807) is 47.3 Å². The lowest BCUT2D eigenvalue weighted by molar-refractivity contribution is -0.688. The number of esters is 1. The molecule has 208 valence electrons. The lowest BCUT2D eigenvalue weighted by Gasteiger charge is -2.36. The van der Waals surface area contributed by atoms with Crippen LogP contribution in [0.5, 0.6) is 0 Å². The largest absolute Gasteiger partial charge is 0.466 e. The fourth-order valence-corrected chi connectivity index (χ4v) is 5.14. The van der Waals surface area contributed by atoms with Crippen LogP contribution < -0.4 is 15.2 Å². The molecular formula is C28H21ClF3N6O3+. The Bertz CT molecular complexity index is 1800. The Morgan fingerprint density at radius 3 is 2.68 bits per heavy atom. The zero-order valence-corrected chi connectivity index (χ0v) is 22.4. The van der Waals surface area contributed by atoms with Crippen molar-refractivity contribution in [1.29, 1.82) is 5.26 Å². The van der Waals surface area contributed by atoms with Gasteiger partial charge in [-0.1, -0.05) is 23.7 Å². The number of methoxy groups -OCH3 is 1. The molecule has 2 aromatic heterocycles. The number of nitrogens with zero attached hydrogens (tertiary/aromatic N) is 5. The van der Waals surface area contributed by atoms with Gasteiger partial charge >= 0.3 is 17.8 Å². The van der Waals surface area contributed by atoms with E-state index in [2.05, 4.69) is 16.3 Å². The number of nitrogens with one attached hydrogen (secondary N) is 1. The van der Waals surface area contributed by atoms with Gasteiger partial charge in [0.2, 0.25) is 5.95 Å². The number of carbonyl (C=O) groups is 1. The first-order valence-electron chi connectivity index (χ1n) is 12.1. The third kappa shape index (κ3) is 5.07. The number of hydrogen-bond acceptors (Lipinski definition) is 6. The van der Waals surface area contributed by atoms with Gasteiger partial charge in [-0.3, -0.25) is 4.90 Å². The summed E-state index contributed by atoms with van der Waals surface area (Å²) in [5, 5.41) is 16.5. The Hall–Kier alpha value is -4.89. The lowest BCUT2D eigenvalue weighted by Crippen LogP contribution is -2.39. The zero-order valence-electron chi connectivity index (χ0n) is 21.6. The fraction of sp³-hybridized carbons (Fsp3) is 0.179. The molecule has 9 nitrogen and oxygen atoms in total. The molecule has 0 spiro atoms. The van der Waals surface area contributed by atoms with Gasteiger partial charge < -0.3 is 4.74 Å². The van der Waals surface area contributed by atoms with Crippen LogP contribution in [0.25, 0.3) is 0 Å². The van der Waals surface area contributed by atoms with E-state index in [1.807, 2.05) is 0 Å². The molecule has 2 aromatic carbocycles. The summed E-state index contributed by atoms with van der Waals surface area (Å²) in [6, 6.07) is 13.7. The van der Waals surface area contributed by atoms with Crippen molar-refractivity contribution < 1.29 is 27.3 Å². The highest BCUT2D eigenvalue weighted by atomic mass is 35.5. The van der Waals surface area contributed by atoms with Gasteiger partial charge in [0.05, 0.1) is 29.9 Å². The highest BCUT2D eigenvalue weighted by Crippen LogP contribution is 2.43. The number of alkyl halides is 3. The van der Waals surface area contributed by atoms with Crippen LogP contribution in [-0.2, 0) is 22.3 Å². The predicted octanol–water partition coefficient (Wildman–Crippen LogP) is 4.64. The van der Waals surface area contributed by atoms with E-state index < -0.39 is 29.4 Å². The maximum Gasteiger partial charge on any atom is 0.416 e. The summed E-state index contributed by atoms with van der Waals surface area (Å²) < 4.78 is 48.8. The van der Waals surface area contributed by atoms with E-state index in [1.165, 1.54) is 35.6 Å². The quantitative estimate of drug-likeness (QED) is 0.272. The molecule has 41 heavy (non-hydrogen) atoms. The summed E-state index contributed by atoms with van der Waals surface area (Å²) in [5.74, 6) is -0.829. The normalized spacial score (nSPS) is 15.0. The number of anilines is 2. The molecule has 1 N–H and O–H groups in total. The first-order chi connectivity index (χ1) is 19.5.